The number of hydrogen-bond acceptors (Lipinski definition) is 9. The van der Waals surface area contributed by atoms with E-state index in [0.717, 1.165) is 46.0 Å². The average molecular weight is 441 g/mol. The summed E-state index contributed by atoms with van der Waals surface area (Å²) in [4.78, 5) is 0. The van der Waals surface area contributed by atoms with Crippen LogP contribution in [0.15, 0.2) is 0 Å². The van der Waals surface area contributed by atoms with E-state index in [4.69, 9.17) is 10.2 Å². The summed E-state index contributed by atoms with van der Waals surface area (Å²) in [5, 5.41) is 19.3. The zero-order valence-corrected chi connectivity index (χ0v) is 18.6. The first-order valence-corrected chi connectivity index (χ1v) is 13.4. The van der Waals surface area contributed by atoms with E-state index < -0.39 is 0 Å². The van der Waals surface area contributed by atoms with Crippen LogP contribution in [0.25, 0.3) is 0 Å². The maximum Gasteiger partial charge on any atom is 0.0521 e. The van der Waals surface area contributed by atoms with Gasteiger partial charge in [-0.3, -0.25) is 0 Å². The van der Waals surface area contributed by atoms with Crippen LogP contribution in [-0.2, 0) is 0 Å². The van der Waals surface area contributed by atoms with Gasteiger partial charge in [0.25, 0.3) is 0 Å². The Bertz CT molecular complexity index is 236. The molecule has 134 valence electrons. The molecular formula is C13H28O2S7. The van der Waals surface area contributed by atoms with Crippen LogP contribution in [-0.4, -0.2) is 85.2 Å². The Morgan fingerprint density at radius 2 is 1.05 bits per heavy atom. The van der Waals surface area contributed by atoms with Crippen LogP contribution in [0.2, 0.25) is 0 Å². The van der Waals surface area contributed by atoms with Crippen LogP contribution in [0.5, 0.6) is 0 Å². The molecule has 0 aromatic carbocycles. The van der Waals surface area contributed by atoms with Crippen LogP contribution in [0, 0.1) is 0 Å². The quantitative estimate of drug-likeness (QED) is 0.238. The van der Waals surface area contributed by atoms with Crippen LogP contribution >= 0.6 is 84.9 Å². The van der Waals surface area contributed by atoms with Gasteiger partial charge in [-0.05, 0) is 0 Å². The Morgan fingerprint density at radius 3 is 1.45 bits per heavy atom. The molecule has 0 aliphatic heterocycles. The van der Waals surface area contributed by atoms with Gasteiger partial charge in [-0.15, -0.1) is 0 Å². The molecule has 0 heterocycles. The molecule has 0 saturated carbocycles. The molecule has 0 aromatic rings. The smallest absolute Gasteiger partial charge is 0.0521 e. The molecule has 0 amide bonds. The van der Waals surface area contributed by atoms with Gasteiger partial charge in [-0.1, -0.05) is 0 Å². The van der Waals surface area contributed by atoms with Crippen molar-refractivity contribution in [2.24, 2.45) is 0 Å². The third kappa shape index (κ3) is 13.6. The number of rotatable bonds is 16. The summed E-state index contributed by atoms with van der Waals surface area (Å²) < 4.78 is 0. The molecule has 0 aliphatic carbocycles. The second-order valence-corrected chi connectivity index (χ2v) is 10.8. The van der Waals surface area contributed by atoms with E-state index in [1.54, 1.807) is 23.5 Å². The molecular weight excluding hydrogens is 413 g/mol. The summed E-state index contributed by atoms with van der Waals surface area (Å²) >= 11 is 20.8. The van der Waals surface area contributed by atoms with Gasteiger partial charge >= 0.3 is 0 Å². The van der Waals surface area contributed by atoms with E-state index in [1.165, 1.54) is 0 Å². The molecule has 9 heteroatoms. The third-order valence-electron chi connectivity index (χ3n) is 2.63. The maximum absolute atomic E-state index is 8.90. The summed E-state index contributed by atoms with van der Waals surface area (Å²) in [7, 11) is 0. The number of aliphatic hydroxyl groups excluding tert-OH is 2. The Labute approximate surface area is 169 Å². The maximum atomic E-state index is 8.90. The van der Waals surface area contributed by atoms with Gasteiger partial charge in [-0.25, -0.2) is 0 Å². The molecule has 0 rings (SSSR count). The van der Waals surface area contributed by atoms with Crippen molar-refractivity contribution in [1.82, 2.24) is 0 Å². The van der Waals surface area contributed by atoms with Crippen molar-refractivity contribution in [3.8, 4) is 0 Å². The Kier molecular flexibility index (Phi) is 20.1. The van der Waals surface area contributed by atoms with Gasteiger partial charge in [-0.2, -0.15) is 84.9 Å². The largest absolute Gasteiger partial charge is 0.396 e. The first-order valence-electron chi connectivity index (χ1n) is 7.18. The molecule has 2 N–H and O–H groups in total. The SMILES string of the molecule is OCCSC(CS)CSCC(CS)SCC(CS)SCCO. The molecule has 3 atom stereocenters. The van der Waals surface area contributed by atoms with Gasteiger partial charge in [0.1, 0.15) is 0 Å². The number of thioether (sulfide) groups is 4. The van der Waals surface area contributed by atoms with Crippen LogP contribution in [0.4, 0.5) is 0 Å². The molecule has 0 radical (unpaired) electrons. The summed E-state index contributed by atoms with van der Waals surface area (Å²) in [5.41, 5.74) is 0. The molecule has 0 aliphatic rings. The van der Waals surface area contributed by atoms with Gasteiger partial charge in [0.2, 0.25) is 0 Å². The van der Waals surface area contributed by atoms with E-state index >= 15 is 0 Å². The number of thiol groups is 3. The second kappa shape index (κ2) is 18.2. The lowest BCUT2D eigenvalue weighted by Gasteiger charge is -2.19. The standard InChI is InChI=1S/C13H28O2S7/c14-1-3-20-11(5-16)8-19-9-12(6-17)22-10-13(7-18)21-4-2-15/h11-18H,1-10H2. The fourth-order valence-corrected chi connectivity index (χ4v) is 8.00. The average Bonchev–Trinajstić information content (AvgIpc) is 2.55. The first-order chi connectivity index (χ1) is 10.7. The van der Waals surface area contributed by atoms with Crippen molar-refractivity contribution in [3.63, 3.8) is 0 Å². The fraction of sp³-hybridized carbons (Fsp3) is 1.00. The van der Waals surface area contributed by atoms with Gasteiger partial charge in [0, 0.05) is 61.8 Å². The van der Waals surface area contributed by atoms with Gasteiger partial charge in [0.05, 0.1) is 13.2 Å². The molecule has 2 nitrogen and oxygen atoms in total. The van der Waals surface area contributed by atoms with E-state index in [0.29, 0.717) is 15.7 Å². The minimum atomic E-state index is 0.238. The van der Waals surface area contributed by atoms with E-state index in [9.17, 15) is 0 Å². The van der Waals surface area contributed by atoms with Gasteiger partial charge in [0.15, 0.2) is 0 Å². The Balaban J connectivity index is 3.89. The lowest BCUT2D eigenvalue weighted by Crippen LogP contribution is -2.18. The highest BCUT2D eigenvalue weighted by Crippen LogP contribution is 2.25. The first kappa shape index (κ1) is 24.4. The summed E-state index contributed by atoms with van der Waals surface area (Å²) in [5.74, 6) is 7.42. The minimum Gasteiger partial charge on any atom is -0.396 e. The highest BCUT2D eigenvalue weighted by molar-refractivity contribution is 8.06. The summed E-state index contributed by atoms with van der Waals surface area (Å²) in [6.45, 7) is 0.480. The normalized spacial score (nSPS) is 15.7. The predicted octanol–water partition coefficient (Wildman–Crippen LogP) is 2.80. The Morgan fingerprint density at radius 1 is 0.636 bits per heavy atom. The lowest BCUT2D eigenvalue weighted by atomic mass is 10.5. The third-order valence-corrected chi connectivity index (χ3v) is 10.4. The predicted molar refractivity (Wildman–Crippen MR) is 122 cm³/mol. The monoisotopic (exact) mass is 440 g/mol. The van der Waals surface area contributed by atoms with Crippen molar-refractivity contribution < 1.29 is 10.2 Å². The van der Waals surface area contributed by atoms with Crippen molar-refractivity contribution >= 4 is 84.9 Å². The minimum absolute atomic E-state index is 0.238. The van der Waals surface area contributed by atoms with Crippen molar-refractivity contribution in [1.29, 1.82) is 0 Å². The van der Waals surface area contributed by atoms with Crippen LogP contribution in [0.1, 0.15) is 0 Å². The highest BCUT2D eigenvalue weighted by Gasteiger charge is 2.14. The van der Waals surface area contributed by atoms with Gasteiger partial charge < -0.3 is 10.2 Å². The van der Waals surface area contributed by atoms with Crippen LogP contribution in [0.3, 0.4) is 0 Å². The van der Waals surface area contributed by atoms with Crippen molar-refractivity contribution in [2.45, 2.75) is 15.7 Å². The molecule has 0 bridgehead atoms. The van der Waals surface area contributed by atoms with Crippen molar-refractivity contribution in [3.05, 3.63) is 0 Å². The summed E-state index contributed by atoms with van der Waals surface area (Å²) in [6, 6.07) is 0. The molecule has 0 aromatic heterocycles. The highest BCUT2D eigenvalue weighted by atomic mass is 32.2. The molecule has 0 fully saturated rings. The molecule has 3 unspecified atom stereocenters. The fourth-order valence-electron chi connectivity index (χ4n) is 1.47. The van der Waals surface area contributed by atoms with Crippen molar-refractivity contribution in [2.75, 3.05) is 59.2 Å². The topological polar surface area (TPSA) is 40.5 Å². The Hall–Kier alpha value is 2.37. The zero-order chi connectivity index (χ0) is 16.6. The molecule has 22 heavy (non-hydrogen) atoms. The van der Waals surface area contributed by atoms with E-state index in [1.807, 2.05) is 23.5 Å². The summed E-state index contributed by atoms with van der Waals surface area (Å²) in [6.07, 6.45) is 0. The molecule has 0 spiro atoms. The number of hydrogen-bond donors (Lipinski definition) is 5. The number of aliphatic hydroxyl groups is 2. The molecule has 0 saturated heterocycles. The van der Waals surface area contributed by atoms with E-state index in [-0.39, 0.29) is 13.2 Å². The second-order valence-electron chi connectivity index (χ2n) is 4.47. The lowest BCUT2D eigenvalue weighted by molar-refractivity contribution is 0.322. The van der Waals surface area contributed by atoms with E-state index in [2.05, 4.69) is 37.9 Å². The zero-order valence-electron chi connectivity index (χ0n) is 12.7. The van der Waals surface area contributed by atoms with Crippen LogP contribution < -0.4 is 0 Å².